The molecule has 1 saturated heterocycles. The second kappa shape index (κ2) is 16.6. The molecule has 0 aromatic heterocycles. The molecule has 37 heavy (non-hydrogen) atoms. The highest BCUT2D eigenvalue weighted by atomic mass is 19.4. The van der Waals surface area contributed by atoms with Crippen molar-refractivity contribution in [2.45, 2.75) is 44.6 Å². The largest absolute Gasteiger partial charge is 0.497 e. The van der Waals surface area contributed by atoms with E-state index in [2.05, 4.69) is 22.5 Å². The molecule has 212 valence electrons. The van der Waals surface area contributed by atoms with Crippen LogP contribution in [0.3, 0.4) is 0 Å². The number of hydrogen-bond donors (Lipinski definition) is 4. The van der Waals surface area contributed by atoms with Crippen LogP contribution in [0.1, 0.15) is 36.5 Å². The number of hydrogen-bond acceptors (Lipinski definition) is 6. The molecule has 1 amide bonds. The van der Waals surface area contributed by atoms with Crippen molar-refractivity contribution in [3.63, 3.8) is 0 Å². The minimum absolute atomic E-state index is 0.0523. The normalized spacial score (nSPS) is 14.4. The van der Waals surface area contributed by atoms with Crippen LogP contribution in [0.25, 0.3) is 0 Å². The molecular weight excluding hydrogens is 516 g/mol. The number of carboxylic acid groups (broad SMARTS) is 2. The van der Waals surface area contributed by atoms with Gasteiger partial charge in [0.25, 0.3) is 5.91 Å². The summed E-state index contributed by atoms with van der Waals surface area (Å²) >= 11 is 0. The van der Waals surface area contributed by atoms with Crippen LogP contribution >= 0.6 is 0 Å². The SMILES string of the molecule is CCCN1CCC(NCCNC(=O)c2cccc(OC)c2)CC1.O=C(O)C(F)(F)F.O=C(O)C(F)(F)F. The molecule has 1 aromatic carbocycles. The molecule has 0 bridgehead atoms. The molecule has 1 aromatic rings. The fraction of sp³-hybridized carbons (Fsp3) is 0.591. The zero-order valence-corrected chi connectivity index (χ0v) is 20.3. The number of halogens is 6. The number of ether oxygens (including phenoxy) is 1. The molecule has 0 spiro atoms. The molecule has 2 rings (SSSR count). The molecule has 9 nitrogen and oxygen atoms in total. The molecule has 1 aliphatic rings. The van der Waals surface area contributed by atoms with Crippen molar-refractivity contribution in [1.29, 1.82) is 0 Å². The summed E-state index contributed by atoms with van der Waals surface area (Å²) in [6.07, 6.45) is -6.54. The molecule has 1 fully saturated rings. The number of piperidine rings is 1. The number of benzene rings is 1. The van der Waals surface area contributed by atoms with Crippen LogP contribution in [0.15, 0.2) is 24.3 Å². The predicted octanol–water partition coefficient (Wildman–Crippen LogP) is 3.16. The first-order chi connectivity index (χ1) is 17.1. The lowest BCUT2D eigenvalue weighted by atomic mass is 10.0. The van der Waals surface area contributed by atoms with Crippen LogP contribution < -0.4 is 15.4 Å². The van der Waals surface area contributed by atoms with Crippen molar-refractivity contribution < 1.29 is 55.7 Å². The standard InChI is InChI=1S/C18H29N3O2.2C2HF3O2/c1-3-11-21-12-7-16(8-13-21)19-9-10-20-18(22)15-5-4-6-17(14-15)23-2;2*3-2(4,5)1(6)7/h4-6,14,16,19H,3,7-13H2,1-2H3,(H,20,22);2*(H,6,7). The summed E-state index contributed by atoms with van der Waals surface area (Å²) in [5.41, 5.74) is 0.636. The number of nitrogens with one attached hydrogen (secondary N) is 2. The van der Waals surface area contributed by atoms with Crippen LogP contribution in [0, 0.1) is 0 Å². The summed E-state index contributed by atoms with van der Waals surface area (Å²) in [6.45, 7) is 7.27. The van der Waals surface area contributed by atoms with E-state index >= 15 is 0 Å². The van der Waals surface area contributed by atoms with Crippen molar-refractivity contribution in [3.8, 4) is 5.75 Å². The Kier molecular flexibility index (Phi) is 15.3. The maximum Gasteiger partial charge on any atom is 0.490 e. The molecule has 0 aliphatic carbocycles. The van der Waals surface area contributed by atoms with Crippen molar-refractivity contribution in [3.05, 3.63) is 29.8 Å². The van der Waals surface area contributed by atoms with Gasteiger partial charge in [0.2, 0.25) is 0 Å². The van der Waals surface area contributed by atoms with Gasteiger partial charge in [-0.05, 0) is 57.1 Å². The van der Waals surface area contributed by atoms with E-state index < -0.39 is 24.3 Å². The van der Waals surface area contributed by atoms with Crippen LogP contribution in [-0.2, 0) is 9.59 Å². The van der Waals surface area contributed by atoms with Gasteiger partial charge in [-0.25, -0.2) is 9.59 Å². The van der Waals surface area contributed by atoms with Crippen LogP contribution in [0.4, 0.5) is 26.3 Å². The van der Waals surface area contributed by atoms with Gasteiger partial charge in [0.1, 0.15) is 5.75 Å². The molecule has 4 N–H and O–H groups in total. The van der Waals surface area contributed by atoms with Gasteiger partial charge in [-0.15, -0.1) is 0 Å². The number of amides is 1. The average Bonchev–Trinajstić information content (AvgIpc) is 2.82. The Hall–Kier alpha value is -3.07. The topological polar surface area (TPSA) is 128 Å². The summed E-state index contributed by atoms with van der Waals surface area (Å²) in [4.78, 5) is 32.4. The second-order valence-electron chi connectivity index (χ2n) is 7.66. The number of nitrogens with zero attached hydrogens (tertiary/aromatic N) is 1. The van der Waals surface area contributed by atoms with Gasteiger partial charge < -0.3 is 30.5 Å². The molecule has 0 saturated carbocycles. The number of rotatable bonds is 8. The highest BCUT2D eigenvalue weighted by molar-refractivity contribution is 5.94. The monoisotopic (exact) mass is 547 g/mol. The molecular formula is C22H31F6N3O6. The molecule has 0 unspecified atom stereocenters. The summed E-state index contributed by atoms with van der Waals surface area (Å²) in [6, 6.07) is 7.80. The quantitative estimate of drug-likeness (QED) is 0.289. The van der Waals surface area contributed by atoms with Gasteiger partial charge in [0.15, 0.2) is 0 Å². The zero-order chi connectivity index (χ0) is 28.6. The number of alkyl halides is 6. The Bertz CT molecular complexity index is 819. The second-order valence-corrected chi connectivity index (χ2v) is 7.66. The number of carboxylic acids is 2. The summed E-state index contributed by atoms with van der Waals surface area (Å²) < 4.78 is 68.6. The highest BCUT2D eigenvalue weighted by Crippen LogP contribution is 2.14. The first-order valence-electron chi connectivity index (χ1n) is 11.1. The Morgan fingerprint density at radius 2 is 1.51 bits per heavy atom. The van der Waals surface area contributed by atoms with E-state index in [0.717, 1.165) is 6.54 Å². The van der Waals surface area contributed by atoms with E-state index in [1.54, 1.807) is 19.2 Å². The minimum atomic E-state index is -5.08. The summed E-state index contributed by atoms with van der Waals surface area (Å²) in [5.74, 6) is -4.86. The molecule has 0 radical (unpaired) electrons. The maximum atomic E-state index is 12.1. The van der Waals surface area contributed by atoms with E-state index in [-0.39, 0.29) is 5.91 Å². The fourth-order valence-corrected chi connectivity index (χ4v) is 3.00. The van der Waals surface area contributed by atoms with Crippen molar-refractivity contribution >= 4 is 17.8 Å². The number of carbonyl (C=O) groups is 3. The van der Waals surface area contributed by atoms with Crippen LogP contribution in [-0.4, -0.2) is 91.2 Å². The molecule has 0 atom stereocenters. The van der Waals surface area contributed by atoms with Gasteiger partial charge in [0, 0.05) is 24.7 Å². The zero-order valence-electron chi connectivity index (χ0n) is 20.3. The molecule has 1 heterocycles. The lowest BCUT2D eigenvalue weighted by molar-refractivity contribution is -0.193. The number of methoxy groups -OCH3 is 1. The highest BCUT2D eigenvalue weighted by Gasteiger charge is 2.38. The lowest BCUT2D eigenvalue weighted by Crippen LogP contribution is -2.44. The van der Waals surface area contributed by atoms with E-state index in [4.69, 9.17) is 24.5 Å². The summed E-state index contributed by atoms with van der Waals surface area (Å²) in [7, 11) is 1.60. The third-order valence-corrected chi connectivity index (χ3v) is 4.79. The maximum absolute atomic E-state index is 12.1. The number of likely N-dealkylation sites (tertiary alicyclic amines) is 1. The van der Waals surface area contributed by atoms with Crippen molar-refractivity contribution in [1.82, 2.24) is 15.5 Å². The van der Waals surface area contributed by atoms with E-state index in [9.17, 15) is 31.1 Å². The van der Waals surface area contributed by atoms with Crippen LogP contribution in [0.2, 0.25) is 0 Å². The van der Waals surface area contributed by atoms with Crippen molar-refractivity contribution in [2.24, 2.45) is 0 Å². The minimum Gasteiger partial charge on any atom is -0.497 e. The Morgan fingerprint density at radius 3 is 1.95 bits per heavy atom. The van der Waals surface area contributed by atoms with Gasteiger partial charge in [-0.1, -0.05) is 13.0 Å². The first kappa shape index (κ1) is 33.9. The smallest absolute Gasteiger partial charge is 0.490 e. The van der Waals surface area contributed by atoms with E-state index in [0.29, 0.717) is 23.9 Å². The number of aliphatic carboxylic acids is 2. The Morgan fingerprint density at radius 1 is 1.00 bits per heavy atom. The first-order valence-corrected chi connectivity index (χ1v) is 11.1. The van der Waals surface area contributed by atoms with Gasteiger partial charge in [0.05, 0.1) is 7.11 Å². The van der Waals surface area contributed by atoms with Gasteiger partial charge in [-0.3, -0.25) is 4.79 Å². The average molecular weight is 547 g/mol. The predicted molar refractivity (Wildman–Crippen MR) is 120 cm³/mol. The van der Waals surface area contributed by atoms with Crippen molar-refractivity contribution in [2.75, 3.05) is 39.8 Å². The fourth-order valence-electron chi connectivity index (χ4n) is 3.00. The van der Waals surface area contributed by atoms with Gasteiger partial charge in [-0.2, -0.15) is 26.3 Å². The lowest BCUT2D eigenvalue weighted by Gasteiger charge is -2.32. The molecule has 15 heteroatoms. The van der Waals surface area contributed by atoms with E-state index in [1.807, 2.05) is 12.1 Å². The van der Waals surface area contributed by atoms with E-state index in [1.165, 1.54) is 38.9 Å². The Labute approximate surface area is 209 Å². The Balaban J connectivity index is 0.000000761. The third kappa shape index (κ3) is 15.6. The summed E-state index contributed by atoms with van der Waals surface area (Å²) in [5, 5.41) is 20.7. The molecule has 1 aliphatic heterocycles. The number of carbonyl (C=O) groups excluding carboxylic acids is 1. The van der Waals surface area contributed by atoms with Gasteiger partial charge >= 0.3 is 24.3 Å². The third-order valence-electron chi connectivity index (χ3n) is 4.79. The van der Waals surface area contributed by atoms with Crippen LogP contribution in [0.5, 0.6) is 5.75 Å².